The number of aromatic hydroxyl groups is 1. The fourth-order valence-corrected chi connectivity index (χ4v) is 1.90. The number of hydrogen-bond donors (Lipinski definition) is 1. The van der Waals surface area contributed by atoms with Gasteiger partial charge < -0.3 is 9.84 Å². The Kier molecular flexibility index (Phi) is 3.88. The highest BCUT2D eigenvalue weighted by molar-refractivity contribution is 5.37. The van der Waals surface area contributed by atoms with Gasteiger partial charge in [-0.2, -0.15) is 13.2 Å². The molecule has 20 heavy (non-hydrogen) atoms. The largest absolute Gasteiger partial charge is 0.508 e. The molecule has 0 bridgehead atoms. The average molecular weight is 282 g/mol. The van der Waals surface area contributed by atoms with E-state index in [9.17, 15) is 18.3 Å². The molecule has 0 heterocycles. The van der Waals surface area contributed by atoms with Crippen molar-refractivity contribution >= 4 is 0 Å². The van der Waals surface area contributed by atoms with E-state index in [-0.39, 0.29) is 17.9 Å². The van der Waals surface area contributed by atoms with Crippen LogP contribution in [0.5, 0.6) is 11.5 Å². The summed E-state index contributed by atoms with van der Waals surface area (Å²) in [7, 11) is 0. The smallest absolute Gasteiger partial charge is 0.416 e. The summed E-state index contributed by atoms with van der Waals surface area (Å²) in [6.45, 7) is 1.55. The van der Waals surface area contributed by atoms with Crippen molar-refractivity contribution in [2.24, 2.45) is 0 Å². The van der Waals surface area contributed by atoms with Gasteiger partial charge in [-0.3, -0.25) is 0 Å². The molecule has 0 aliphatic carbocycles. The zero-order valence-electron chi connectivity index (χ0n) is 10.7. The van der Waals surface area contributed by atoms with Crippen LogP contribution in [-0.2, 0) is 12.8 Å². The molecule has 0 unspecified atom stereocenters. The highest BCUT2D eigenvalue weighted by atomic mass is 19.4. The topological polar surface area (TPSA) is 29.5 Å². The van der Waals surface area contributed by atoms with Gasteiger partial charge in [0.25, 0.3) is 0 Å². The molecule has 2 aromatic carbocycles. The third-order valence-electron chi connectivity index (χ3n) is 2.75. The van der Waals surface area contributed by atoms with Crippen LogP contribution < -0.4 is 4.74 Å². The van der Waals surface area contributed by atoms with Gasteiger partial charge >= 0.3 is 6.18 Å². The van der Waals surface area contributed by atoms with E-state index in [0.29, 0.717) is 5.75 Å². The van der Waals surface area contributed by atoms with E-state index in [4.69, 9.17) is 4.74 Å². The van der Waals surface area contributed by atoms with Crippen molar-refractivity contribution in [1.29, 1.82) is 0 Å². The third kappa shape index (κ3) is 3.44. The van der Waals surface area contributed by atoms with Crippen molar-refractivity contribution in [3.05, 3.63) is 59.2 Å². The lowest BCUT2D eigenvalue weighted by atomic mass is 10.1. The van der Waals surface area contributed by atoms with E-state index in [0.717, 1.165) is 11.6 Å². The van der Waals surface area contributed by atoms with Gasteiger partial charge in [-0.15, -0.1) is 0 Å². The molecule has 0 fully saturated rings. The van der Waals surface area contributed by atoms with Crippen molar-refractivity contribution in [2.45, 2.75) is 19.7 Å². The molecule has 0 amide bonds. The summed E-state index contributed by atoms with van der Waals surface area (Å²) in [6.07, 6.45) is -4.41. The minimum Gasteiger partial charge on any atom is -0.508 e. The van der Waals surface area contributed by atoms with E-state index in [1.165, 1.54) is 30.3 Å². The Morgan fingerprint density at radius 3 is 2.45 bits per heavy atom. The van der Waals surface area contributed by atoms with Crippen LogP contribution in [-0.4, -0.2) is 5.11 Å². The van der Waals surface area contributed by atoms with Crippen LogP contribution in [0.25, 0.3) is 0 Å². The normalized spacial score (nSPS) is 11.4. The molecule has 0 atom stereocenters. The van der Waals surface area contributed by atoms with Crippen molar-refractivity contribution < 1.29 is 23.0 Å². The summed E-state index contributed by atoms with van der Waals surface area (Å²) in [6, 6.07) is 9.81. The quantitative estimate of drug-likeness (QED) is 0.909. The van der Waals surface area contributed by atoms with Crippen LogP contribution >= 0.6 is 0 Å². The van der Waals surface area contributed by atoms with Gasteiger partial charge in [0.1, 0.15) is 18.1 Å². The van der Waals surface area contributed by atoms with Crippen LogP contribution in [0.15, 0.2) is 42.5 Å². The maximum Gasteiger partial charge on any atom is 0.416 e. The van der Waals surface area contributed by atoms with Gasteiger partial charge in [0, 0.05) is 11.6 Å². The number of hydrogen-bond acceptors (Lipinski definition) is 2. The van der Waals surface area contributed by atoms with E-state index in [1.807, 2.05) is 0 Å². The van der Waals surface area contributed by atoms with Crippen LogP contribution in [0.4, 0.5) is 13.2 Å². The molecule has 0 aromatic heterocycles. The van der Waals surface area contributed by atoms with Gasteiger partial charge in [-0.1, -0.05) is 18.2 Å². The Morgan fingerprint density at radius 1 is 1.10 bits per heavy atom. The number of ether oxygens (including phenoxy) is 1. The zero-order chi connectivity index (χ0) is 14.8. The standard InChI is InChI=1S/C15H13F3O2/c1-10-6-12(19)8-13(7-10)20-9-11-4-2-3-5-14(11)15(16,17)18/h2-8,19H,9H2,1H3. The SMILES string of the molecule is Cc1cc(O)cc(OCc2ccccc2C(F)(F)F)c1. The van der Waals surface area contributed by atoms with E-state index < -0.39 is 11.7 Å². The van der Waals surface area contributed by atoms with Gasteiger partial charge in [-0.05, 0) is 30.7 Å². The molecule has 2 aromatic rings. The predicted molar refractivity (Wildman–Crippen MR) is 68.6 cm³/mol. The summed E-state index contributed by atoms with van der Waals surface area (Å²) in [5.74, 6) is 0.351. The average Bonchev–Trinajstić information content (AvgIpc) is 2.34. The van der Waals surface area contributed by atoms with Crippen molar-refractivity contribution in [3.63, 3.8) is 0 Å². The first kappa shape index (κ1) is 14.2. The third-order valence-corrected chi connectivity index (χ3v) is 2.75. The second-order valence-corrected chi connectivity index (χ2v) is 4.45. The summed E-state index contributed by atoms with van der Waals surface area (Å²) < 4.78 is 43.8. The Bertz CT molecular complexity index is 586. The molecule has 5 heteroatoms. The second kappa shape index (κ2) is 5.45. The van der Waals surface area contributed by atoms with Gasteiger partial charge in [0.2, 0.25) is 0 Å². The van der Waals surface area contributed by atoms with E-state index in [1.54, 1.807) is 13.0 Å². The maximum atomic E-state index is 12.8. The van der Waals surface area contributed by atoms with Crippen LogP contribution in [0.2, 0.25) is 0 Å². The van der Waals surface area contributed by atoms with Crippen LogP contribution in [0.1, 0.15) is 16.7 Å². The Labute approximate surface area is 114 Å². The molecule has 106 valence electrons. The predicted octanol–water partition coefficient (Wildman–Crippen LogP) is 4.30. The van der Waals surface area contributed by atoms with Crippen molar-refractivity contribution in [1.82, 2.24) is 0 Å². The fraction of sp³-hybridized carbons (Fsp3) is 0.200. The molecule has 0 aliphatic heterocycles. The van der Waals surface area contributed by atoms with E-state index in [2.05, 4.69) is 0 Å². The summed E-state index contributed by atoms with van der Waals surface area (Å²) >= 11 is 0. The monoisotopic (exact) mass is 282 g/mol. The molecule has 0 spiro atoms. The minimum atomic E-state index is -4.41. The molecule has 0 saturated heterocycles. The highest BCUT2D eigenvalue weighted by Gasteiger charge is 2.32. The number of phenolic OH excluding ortho intramolecular Hbond substituents is 1. The summed E-state index contributed by atoms with van der Waals surface area (Å²) in [5.41, 5.74) is 0.113. The van der Waals surface area contributed by atoms with Crippen LogP contribution in [0.3, 0.4) is 0 Å². The molecule has 0 aliphatic rings. The zero-order valence-corrected chi connectivity index (χ0v) is 10.7. The van der Waals surface area contributed by atoms with Crippen molar-refractivity contribution in [3.8, 4) is 11.5 Å². The summed E-state index contributed by atoms with van der Waals surface area (Å²) in [4.78, 5) is 0. The molecule has 0 radical (unpaired) electrons. The van der Waals surface area contributed by atoms with E-state index >= 15 is 0 Å². The number of phenols is 1. The van der Waals surface area contributed by atoms with Gasteiger partial charge in [-0.25, -0.2) is 0 Å². The lowest BCUT2D eigenvalue weighted by Gasteiger charge is -2.13. The molecule has 2 rings (SSSR count). The van der Waals surface area contributed by atoms with Gasteiger partial charge in [0.05, 0.1) is 5.56 Å². The number of aryl methyl sites for hydroxylation is 1. The molecule has 1 N–H and O–H groups in total. The highest BCUT2D eigenvalue weighted by Crippen LogP contribution is 2.32. The number of benzene rings is 2. The number of rotatable bonds is 3. The number of halogens is 3. The molecular formula is C15H13F3O2. The minimum absolute atomic E-state index is 0.0177. The second-order valence-electron chi connectivity index (χ2n) is 4.45. The Balaban J connectivity index is 2.19. The first-order valence-electron chi connectivity index (χ1n) is 5.95. The maximum absolute atomic E-state index is 12.8. The van der Waals surface area contributed by atoms with Crippen LogP contribution in [0, 0.1) is 6.92 Å². The number of alkyl halides is 3. The lowest BCUT2D eigenvalue weighted by molar-refractivity contribution is -0.138. The fourth-order valence-electron chi connectivity index (χ4n) is 1.90. The first-order chi connectivity index (χ1) is 9.36. The Morgan fingerprint density at radius 2 is 1.80 bits per heavy atom. The summed E-state index contributed by atoms with van der Waals surface area (Å²) in [5, 5.41) is 9.41. The van der Waals surface area contributed by atoms with Crippen molar-refractivity contribution in [2.75, 3.05) is 0 Å². The molecule has 0 saturated carbocycles. The first-order valence-corrected chi connectivity index (χ1v) is 5.95. The molecular weight excluding hydrogens is 269 g/mol. The van der Waals surface area contributed by atoms with Gasteiger partial charge in [0.15, 0.2) is 0 Å². The lowest BCUT2D eigenvalue weighted by Crippen LogP contribution is -2.10. The Hall–Kier alpha value is -2.17. The molecule has 2 nitrogen and oxygen atoms in total.